The molecule has 31 heavy (non-hydrogen) atoms. The third kappa shape index (κ3) is 3.48. The van der Waals surface area contributed by atoms with Crippen LogP contribution in [0.5, 0.6) is 0 Å². The van der Waals surface area contributed by atoms with Crippen LogP contribution in [0.4, 0.5) is 5.69 Å². The average molecular weight is 414 g/mol. The number of benzene rings is 1. The second kappa shape index (κ2) is 8.70. The number of anilines is 1. The molecule has 0 radical (unpaired) electrons. The summed E-state index contributed by atoms with van der Waals surface area (Å²) in [5, 5.41) is 0. The minimum Gasteiger partial charge on any atom is -0.312 e. The number of pyridine rings is 1. The second-order valence-corrected chi connectivity index (χ2v) is 8.82. The molecule has 2 nitrogen and oxygen atoms in total. The third-order valence-electron chi connectivity index (χ3n) is 7.40. The van der Waals surface area contributed by atoms with Crippen molar-refractivity contribution in [3.63, 3.8) is 0 Å². The van der Waals surface area contributed by atoms with Crippen LogP contribution in [0.3, 0.4) is 0 Å². The summed E-state index contributed by atoms with van der Waals surface area (Å²) >= 11 is 0. The number of aromatic nitrogens is 1. The Labute approximate surface area is 188 Å². The summed E-state index contributed by atoms with van der Waals surface area (Å²) in [5.74, 6) is 0. The highest BCUT2D eigenvalue weighted by atomic mass is 15.1. The minimum absolute atomic E-state index is 0.00956. The molecule has 0 bridgehead atoms. The third-order valence-corrected chi connectivity index (χ3v) is 7.40. The van der Waals surface area contributed by atoms with Crippen LogP contribution in [-0.4, -0.2) is 0 Å². The zero-order chi connectivity index (χ0) is 22.8. The zero-order valence-corrected chi connectivity index (χ0v) is 20.1. The van der Waals surface area contributed by atoms with Gasteiger partial charge in [0.2, 0.25) is 5.69 Å². The first kappa shape index (κ1) is 22.8. The van der Waals surface area contributed by atoms with Gasteiger partial charge in [-0.1, -0.05) is 45.2 Å². The van der Waals surface area contributed by atoms with E-state index in [1.807, 2.05) is 38.2 Å². The molecule has 2 unspecified atom stereocenters. The topological polar surface area (TPSA) is 7.12 Å². The Balaban J connectivity index is 2.30. The Morgan fingerprint density at radius 1 is 0.968 bits per heavy atom. The largest absolute Gasteiger partial charge is 0.312 e. The maximum atomic E-state index is 4.30. The Bertz CT molecular complexity index is 1030. The minimum atomic E-state index is 0.00956. The lowest BCUT2D eigenvalue weighted by molar-refractivity contribution is -0.765. The molecular formula is C29H37N2+. The Morgan fingerprint density at radius 2 is 1.61 bits per heavy atom. The van der Waals surface area contributed by atoms with Gasteiger partial charge in [0, 0.05) is 42.6 Å². The molecule has 1 aromatic heterocycles. The lowest BCUT2D eigenvalue weighted by Gasteiger charge is -2.46. The van der Waals surface area contributed by atoms with Gasteiger partial charge in [-0.05, 0) is 63.1 Å². The maximum Gasteiger partial charge on any atom is 0.213 e. The molecular weight excluding hydrogens is 376 g/mol. The molecule has 0 spiro atoms. The molecule has 0 aliphatic carbocycles. The Kier molecular flexibility index (Phi) is 6.40. The molecule has 0 saturated heterocycles. The van der Waals surface area contributed by atoms with Crippen LogP contribution in [0, 0.1) is 0 Å². The van der Waals surface area contributed by atoms with E-state index < -0.39 is 0 Å². The summed E-state index contributed by atoms with van der Waals surface area (Å²) in [6, 6.07) is 13.4. The number of hydrogen-bond acceptors (Lipinski definition) is 1. The number of hydrogen-bond donors (Lipinski definition) is 0. The summed E-state index contributed by atoms with van der Waals surface area (Å²) in [5.41, 5.74) is 6.90. The van der Waals surface area contributed by atoms with Crippen molar-refractivity contribution in [3.05, 3.63) is 97.0 Å². The summed E-state index contributed by atoms with van der Waals surface area (Å²) in [7, 11) is 0. The fraction of sp³-hybridized carbons (Fsp3) is 0.345. The van der Waals surface area contributed by atoms with Crippen molar-refractivity contribution >= 4 is 5.69 Å². The molecule has 3 rings (SSSR count). The fourth-order valence-corrected chi connectivity index (χ4v) is 5.20. The Hall–Kier alpha value is -2.87. The van der Waals surface area contributed by atoms with E-state index in [1.54, 1.807) is 0 Å². The molecule has 1 aliphatic rings. The summed E-state index contributed by atoms with van der Waals surface area (Å²) < 4.78 is 2.49. The molecule has 0 saturated carbocycles. The van der Waals surface area contributed by atoms with Gasteiger partial charge >= 0.3 is 0 Å². The van der Waals surface area contributed by atoms with Crippen molar-refractivity contribution in [1.82, 2.24) is 0 Å². The van der Waals surface area contributed by atoms with E-state index in [0.29, 0.717) is 0 Å². The zero-order valence-electron chi connectivity index (χ0n) is 20.1. The van der Waals surface area contributed by atoms with E-state index in [9.17, 15) is 0 Å². The molecule has 162 valence electrons. The summed E-state index contributed by atoms with van der Waals surface area (Å²) in [6.45, 7) is 22.1. The monoisotopic (exact) mass is 413 g/mol. The molecule has 2 atom stereocenters. The van der Waals surface area contributed by atoms with Crippen molar-refractivity contribution in [2.24, 2.45) is 0 Å². The Morgan fingerprint density at radius 3 is 2.16 bits per heavy atom. The number of nitrogens with zero attached hydrogens (tertiary/aromatic N) is 2. The molecule has 1 aliphatic heterocycles. The first-order chi connectivity index (χ1) is 14.8. The van der Waals surface area contributed by atoms with Crippen LogP contribution in [-0.2, 0) is 11.0 Å². The van der Waals surface area contributed by atoms with Gasteiger partial charge in [0.1, 0.15) is 0 Å². The SMILES string of the molecule is C=C(C=CC)N(C(=C)C=CC)c1ccc2c(c1)-c1cccc[n+]1C(C)(CC)C2(C)CC. The first-order valence-corrected chi connectivity index (χ1v) is 11.4. The highest BCUT2D eigenvalue weighted by Crippen LogP contribution is 2.50. The van der Waals surface area contributed by atoms with Gasteiger partial charge in [0.15, 0.2) is 11.7 Å². The predicted molar refractivity (Wildman–Crippen MR) is 134 cm³/mol. The van der Waals surface area contributed by atoms with E-state index in [0.717, 1.165) is 29.9 Å². The molecule has 0 amide bonds. The molecule has 0 N–H and O–H groups in total. The van der Waals surface area contributed by atoms with E-state index >= 15 is 0 Å². The number of allylic oxidation sites excluding steroid dienone is 4. The second-order valence-electron chi connectivity index (χ2n) is 8.82. The van der Waals surface area contributed by atoms with Gasteiger partial charge < -0.3 is 4.90 Å². The van der Waals surface area contributed by atoms with Crippen LogP contribution in [0.1, 0.15) is 59.9 Å². The van der Waals surface area contributed by atoms with E-state index in [4.69, 9.17) is 0 Å². The van der Waals surface area contributed by atoms with Crippen LogP contribution in [0.25, 0.3) is 11.3 Å². The van der Waals surface area contributed by atoms with Gasteiger partial charge in [-0.15, -0.1) is 0 Å². The van der Waals surface area contributed by atoms with Crippen molar-refractivity contribution in [1.29, 1.82) is 0 Å². The van der Waals surface area contributed by atoms with Gasteiger partial charge in [0.25, 0.3) is 0 Å². The highest BCUT2D eigenvalue weighted by molar-refractivity contribution is 5.74. The van der Waals surface area contributed by atoms with Crippen molar-refractivity contribution in [3.8, 4) is 11.3 Å². The summed E-state index contributed by atoms with van der Waals surface area (Å²) in [6.07, 6.45) is 12.5. The standard InChI is InChI=1S/C29H37N2/c1-9-15-22(5)31(23(6)16-10-2)24-18-19-26-25(21-24)27-17-13-14-20-30(27)29(8,12-4)28(26,7)11-3/h9-10,13-21H,5-6,11-12H2,1-4,7-8H3/q+1. The average Bonchev–Trinajstić information content (AvgIpc) is 2.78. The molecule has 2 heteroatoms. The number of rotatable bonds is 7. The molecule has 1 aromatic carbocycles. The quantitative estimate of drug-likeness (QED) is 0.338. The first-order valence-electron chi connectivity index (χ1n) is 11.4. The summed E-state index contributed by atoms with van der Waals surface area (Å²) in [4.78, 5) is 2.13. The lowest BCUT2D eigenvalue weighted by Crippen LogP contribution is -2.67. The van der Waals surface area contributed by atoms with Crippen molar-refractivity contribution in [2.45, 2.75) is 65.3 Å². The van der Waals surface area contributed by atoms with E-state index in [-0.39, 0.29) is 11.0 Å². The molecule has 2 aromatic rings. The maximum absolute atomic E-state index is 4.30. The van der Waals surface area contributed by atoms with Crippen LogP contribution >= 0.6 is 0 Å². The van der Waals surface area contributed by atoms with Crippen LogP contribution in [0.2, 0.25) is 0 Å². The van der Waals surface area contributed by atoms with Gasteiger partial charge in [-0.3, -0.25) is 0 Å². The van der Waals surface area contributed by atoms with E-state index in [1.165, 1.54) is 16.8 Å². The fourth-order valence-electron chi connectivity index (χ4n) is 5.20. The lowest BCUT2D eigenvalue weighted by atomic mass is 9.60. The molecule has 2 heterocycles. The smallest absolute Gasteiger partial charge is 0.213 e. The van der Waals surface area contributed by atoms with E-state index in [2.05, 4.69) is 92.9 Å². The van der Waals surface area contributed by atoms with Crippen molar-refractivity contribution < 1.29 is 4.57 Å². The number of fused-ring (bicyclic) bond motifs is 3. The predicted octanol–water partition coefficient (Wildman–Crippen LogP) is 7.43. The highest BCUT2D eigenvalue weighted by Gasteiger charge is 2.56. The van der Waals surface area contributed by atoms with Gasteiger partial charge in [-0.25, -0.2) is 0 Å². The van der Waals surface area contributed by atoms with Gasteiger partial charge in [0.05, 0.1) is 11.0 Å². The van der Waals surface area contributed by atoms with Crippen molar-refractivity contribution in [2.75, 3.05) is 4.90 Å². The molecule has 0 fully saturated rings. The van der Waals surface area contributed by atoms with Crippen LogP contribution < -0.4 is 9.47 Å². The van der Waals surface area contributed by atoms with Crippen LogP contribution in [0.15, 0.2) is 91.5 Å². The normalized spacial score (nSPS) is 22.4. The van der Waals surface area contributed by atoms with Gasteiger partial charge in [-0.2, -0.15) is 4.57 Å².